The van der Waals surface area contributed by atoms with E-state index < -0.39 is 12.0 Å². The first kappa shape index (κ1) is 14.2. The van der Waals surface area contributed by atoms with Crippen LogP contribution in [0.15, 0.2) is 0 Å². The number of aliphatic carboxylic acids is 1. The molecule has 3 N–H and O–H groups in total. The monoisotopic (exact) mass is 235 g/mol. The van der Waals surface area contributed by atoms with Crippen LogP contribution in [-0.4, -0.2) is 45.7 Å². The summed E-state index contributed by atoms with van der Waals surface area (Å²) in [7, 11) is 0. The average Bonchev–Trinajstić information content (AvgIpc) is 2.14. The summed E-state index contributed by atoms with van der Waals surface area (Å²) in [6.45, 7) is 3.66. The Bertz CT molecular complexity index is 220. The number of rotatable bonds is 7. The fraction of sp³-hybridized carbons (Fsp3) is 0.778. The lowest BCUT2D eigenvalue weighted by Gasteiger charge is -2.13. The van der Waals surface area contributed by atoms with E-state index in [9.17, 15) is 9.59 Å². The van der Waals surface area contributed by atoms with Crippen LogP contribution in [0.2, 0.25) is 0 Å². The zero-order valence-corrected chi connectivity index (χ0v) is 9.71. The van der Waals surface area contributed by atoms with Crippen molar-refractivity contribution in [1.82, 2.24) is 5.32 Å². The van der Waals surface area contributed by atoms with Crippen LogP contribution in [0.4, 0.5) is 0 Å². The fourth-order valence-electron chi connectivity index (χ4n) is 0.865. The minimum atomic E-state index is -1.12. The lowest BCUT2D eigenvalue weighted by Crippen LogP contribution is -2.42. The molecule has 0 saturated carbocycles. The zero-order valence-electron chi connectivity index (χ0n) is 8.90. The molecule has 0 bridgehead atoms. The van der Waals surface area contributed by atoms with Crippen LogP contribution in [0.5, 0.6) is 0 Å². The highest BCUT2D eigenvalue weighted by Gasteiger charge is 2.18. The molecule has 1 amide bonds. The summed E-state index contributed by atoms with van der Waals surface area (Å²) in [6, 6.07) is -0.990. The van der Waals surface area contributed by atoms with Crippen molar-refractivity contribution in [3.05, 3.63) is 0 Å². The van der Waals surface area contributed by atoms with Crippen molar-refractivity contribution in [3.8, 4) is 0 Å². The molecule has 6 heteroatoms. The summed E-state index contributed by atoms with van der Waals surface area (Å²) < 4.78 is 0. The SMILES string of the molecule is CC(C)SCC(=O)N[C@H](CCO)C(=O)O. The second-order valence-electron chi connectivity index (χ2n) is 3.33. The highest BCUT2D eigenvalue weighted by molar-refractivity contribution is 8.00. The predicted octanol–water partition coefficient (Wildman–Crippen LogP) is 0.0798. The molecule has 0 radical (unpaired) electrons. The predicted molar refractivity (Wildman–Crippen MR) is 58.9 cm³/mol. The molecule has 0 spiro atoms. The Morgan fingerprint density at radius 1 is 1.40 bits per heavy atom. The largest absolute Gasteiger partial charge is 0.480 e. The lowest BCUT2D eigenvalue weighted by atomic mass is 10.2. The molecular formula is C9H17NO4S. The van der Waals surface area contributed by atoms with E-state index in [1.54, 1.807) is 0 Å². The van der Waals surface area contributed by atoms with Crippen LogP contribution in [0.25, 0.3) is 0 Å². The number of hydrogen-bond acceptors (Lipinski definition) is 4. The van der Waals surface area contributed by atoms with Gasteiger partial charge in [0, 0.05) is 13.0 Å². The second-order valence-corrected chi connectivity index (χ2v) is 4.90. The summed E-state index contributed by atoms with van der Waals surface area (Å²) in [5.74, 6) is -1.19. The van der Waals surface area contributed by atoms with Gasteiger partial charge in [0.05, 0.1) is 5.75 Å². The maximum Gasteiger partial charge on any atom is 0.326 e. The molecule has 0 saturated heterocycles. The van der Waals surface area contributed by atoms with Gasteiger partial charge in [-0.15, -0.1) is 11.8 Å². The lowest BCUT2D eigenvalue weighted by molar-refractivity contribution is -0.141. The van der Waals surface area contributed by atoms with E-state index in [2.05, 4.69) is 5.32 Å². The number of carboxylic acids is 1. The van der Waals surface area contributed by atoms with Gasteiger partial charge in [-0.1, -0.05) is 13.8 Å². The van der Waals surface area contributed by atoms with Crippen molar-refractivity contribution < 1.29 is 19.8 Å². The average molecular weight is 235 g/mol. The van der Waals surface area contributed by atoms with Gasteiger partial charge in [-0.25, -0.2) is 4.79 Å². The summed E-state index contributed by atoms with van der Waals surface area (Å²) in [6.07, 6.45) is 0.0351. The molecule has 0 rings (SSSR count). The molecule has 0 heterocycles. The van der Waals surface area contributed by atoms with Gasteiger partial charge in [-0.05, 0) is 5.25 Å². The maximum atomic E-state index is 11.3. The van der Waals surface area contributed by atoms with Gasteiger partial charge in [-0.2, -0.15) is 0 Å². The Kier molecular flexibility index (Phi) is 7.15. The molecule has 0 aromatic rings. The van der Waals surface area contributed by atoms with Crippen LogP contribution in [-0.2, 0) is 9.59 Å². The molecular weight excluding hydrogens is 218 g/mol. The zero-order chi connectivity index (χ0) is 11.8. The van der Waals surface area contributed by atoms with Gasteiger partial charge in [0.25, 0.3) is 0 Å². The normalized spacial score (nSPS) is 12.5. The van der Waals surface area contributed by atoms with Crippen LogP contribution < -0.4 is 5.32 Å². The highest BCUT2D eigenvalue weighted by atomic mass is 32.2. The van der Waals surface area contributed by atoms with Gasteiger partial charge in [0.2, 0.25) is 5.91 Å². The van der Waals surface area contributed by atoms with E-state index in [1.165, 1.54) is 11.8 Å². The molecule has 0 aliphatic rings. The van der Waals surface area contributed by atoms with Crippen molar-refractivity contribution >= 4 is 23.6 Å². The van der Waals surface area contributed by atoms with Gasteiger partial charge in [-0.3, -0.25) is 4.79 Å². The topological polar surface area (TPSA) is 86.6 Å². The van der Waals surface area contributed by atoms with Crippen molar-refractivity contribution in [1.29, 1.82) is 0 Å². The molecule has 1 atom stereocenters. The second kappa shape index (κ2) is 7.53. The van der Waals surface area contributed by atoms with Gasteiger partial charge >= 0.3 is 5.97 Å². The van der Waals surface area contributed by atoms with Gasteiger partial charge in [0.1, 0.15) is 6.04 Å². The molecule has 0 aliphatic carbocycles. The Labute approximate surface area is 93.2 Å². The van der Waals surface area contributed by atoms with Crippen molar-refractivity contribution in [2.24, 2.45) is 0 Å². The third-order valence-corrected chi connectivity index (χ3v) is 2.69. The number of nitrogens with one attached hydrogen (secondary N) is 1. The number of carbonyl (C=O) groups is 2. The van der Waals surface area contributed by atoms with Crippen LogP contribution in [0.3, 0.4) is 0 Å². The first-order chi connectivity index (χ1) is 6.97. The fourth-order valence-corrected chi connectivity index (χ4v) is 1.43. The summed E-state index contributed by atoms with van der Waals surface area (Å²) >= 11 is 1.44. The Morgan fingerprint density at radius 2 is 2.00 bits per heavy atom. The molecule has 0 aliphatic heterocycles. The number of thioether (sulfide) groups is 1. The van der Waals surface area contributed by atoms with Crippen LogP contribution in [0.1, 0.15) is 20.3 Å². The molecule has 0 aromatic heterocycles. The minimum absolute atomic E-state index is 0.0351. The minimum Gasteiger partial charge on any atom is -0.480 e. The first-order valence-electron chi connectivity index (χ1n) is 4.72. The van der Waals surface area contributed by atoms with Gasteiger partial charge in [0.15, 0.2) is 0 Å². The van der Waals surface area contributed by atoms with Crippen LogP contribution >= 0.6 is 11.8 Å². The molecule has 15 heavy (non-hydrogen) atoms. The summed E-state index contributed by atoms with van der Waals surface area (Å²) in [5, 5.41) is 20.0. The van der Waals surface area contributed by atoms with E-state index in [4.69, 9.17) is 10.2 Å². The van der Waals surface area contributed by atoms with Crippen molar-refractivity contribution in [3.63, 3.8) is 0 Å². The highest BCUT2D eigenvalue weighted by Crippen LogP contribution is 2.08. The summed E-state index contributed by atoms with van der Waals surface area (Å²) in [5.41, 5.74) is 0. The molecule has 88 valence electrons. The standard InChI is InChI=1S/C9H17NO4S/c1-6(2)15-5-8(12)10-7(3-4-11)9(13)14/h6-7,11H,3-5H2,1-2H3,(H,10,12)(H,13,14)/t7-/m1/s1. The molecule has 0 fully saturated rings. The number of amides is 1. The number of aliphatic hydroxyl groups is 1. The Balaban J connectivity index is 3.94. The van der Waals surface area contributed by atoms with Crippen LogP contribution in [0, 0.1) is 0 Å². The maximum absolute atomic E-state index is 11.3. The van der Waals surface area contributed by atoms with E-state index in [1.807, 2.05) is 13.8 Å². The number of aliphatic hydroxyl groups excluding tert-OH is 1. The first-order valence-corrected chi connectivity index (χ1v) is 5.77. The third-order valence-electron chi connectivity index (χ3n) is 1.60. The van der Waals surface area contributed by atoms with E-state index in [-0.39, 0.29) is 24.7 Å². The third kappa shape index (κ3) is 7.21. The summed E-state index contributed by atoms with van der Waals surface area (Å²) in [4.78, 5) is 21.9. The molecule has 0 aromatic carbocycles. The van der Waals surface area contributed by atoms with Crippen molar-refractivity contribution in [2.45, 2.75) is 31.6 Å². The Morgan fingerprint density at radius 3 is 2.40 bits per heavy atom. The molecule has 0 unspecified atom stereocenters. The van der Waals surface area contributed by atoms with E-state index in [0.29, 0.717) is 5.25 Å². The number of carbonyl (C=O) groups excluding carboxylic acids is 1. The number of carboxylic acid groups (broad SMARTS) is 1. The molecule has 5 nitrogen and oxygen atoms in total. The van der Waals surface area contributed by atoms with E-state index in [0.717, 1.165) is 0 Å². The Hall–Kier alpha value is -0.750. The van der Waals surface area contributed by atoms with Gasteiger partial charge < -0.3 is 15.5 Å². The quantitative estimate of drug-likeness (QED) is 0.582. The van der Waals surface area contributed by atoms with E-state index >= 15 is 0 Å². The van der Waals surface area contributed by atoms with Crippen molar-refractivity contribution in [2.75, 3.05) is 12.4 Å². The smallest absolute Gasteiger partial charge is 0.326 e. The number of hydrogen-bond donors (Lipinski definition) is 3.